The molecule has 130 valence electrons. The summed E-state index contributed by atoms with van der Waals surface area (Å²) in [5.74, 6) is 0.431. The van der Waals surface area contributed by atoms with Crippen molar-refractivity contribution in [1.29, 1.82) is 0 Å². The largest absolute Gasteiger partial charge is 0.472 e. The van der Waals surface area contributed by atoms with Crippen molar-refractivity contribution in [3.8, 4) is 17.8 Å². The van der Waals surface area contributed by atoms with E-state index >= 15 is 0 Å². The minimum atomic E-state index is -0.0419. The Morgan fingerprint density at radius 1 is 1.31 bits per heavy atom. The van der Waals surface area contributed by atoms with E-state index in [-0.39, 0.29) is 5.91 Å². The highest BCUT2D eigenvalue weighted by Gasteiger charge is 2.21. The molecule has 0 aliphatic carbocycles. The third kappa shape index (κ3) is 3.28. The van der Waals surface area contributed by atoms with Gasteiger partial charge in [0, 0.05) is 25.2 Å². The molecule has 0 unspecified atom stereocenters. The maximum Gasteiger partial charge on any atom is 0.412 e. The Labute approximate surface area is 151 Å². The van der Waals surface area contributed by atoms with Crippen molar-refractivity contribution < 1.29 is 9.21 Å². The van der Waals surface area contributed by atoms with Gasteiger partial charge in [0.25, 0.3) is 5.91 Å². The van der Waals surface area contributed by atoms with E-state index in [1.807, 2.05) is 37.3 Å². The maximum absolute atomic E-state index is 12.2. The molecule has 3 rings (SSSR count). The highest BCUT2D eigenvalue weighted by molar-refractivity contribution is 5.96. The van der Waals surface area contributed by atoms with Crippen molar-refractivity contribution in [3.63, 3.8) is 0 Å². The van der Waals surface area contributed by atoms with Gasteiger partial charge in [-0.05, 0) is 42.3 Å². The second kappa shape index (κ2) is 7.11. The third-order valence-corrected chi connectivity index (χ3v) is 4.04. The van der Waals surface area contributed by atoms with Crippen molar-refractivity contribution in [1.82, 2.24) is 15.1 Å². The summed E-state index contributed by atoms with van der Waals surface area (Å²) in [6.45, 7) is 7.44. The average Bonchev–Trinajstić information content (AvgIpc) is 3.30. The van der Waals surface area contributed by atoms with Crippen molar-refractivity contribution >= 4 is 23.4 Å². The number of rotatable bonds is 4. The van der Waals surface area contributed by atoms with Crippen LogP contribution in [0, 0.1) is 6.57 Å². The van der Waals surface area contributed by atoms with Gasteiger partial charge < -0.3 is 9.32 Å². The maximum atomic E-state index is 12.2. The lowest BCUT2D eigenvalue weighted by atomic mass is 10.0. The second-order valence-electron chi connectivity index (χ2n) is 6.08. The summed E-state index contributed by atoms with van der Waals surface area (Å²) in [7, 11) is 3.46. The molecule has 1 N–H and O–H groups in total. The molecule has 3 aromatic rings. The number of benzene rings is 1. The minimum Gasteiger partial charge on any atom is -0.472 e. The summed E-state index contributed by atoms with van der Waals surface area (Å²) >= 11 is 0. The van der Waals surface area contributed by atoms with Crippen LogP contribution in [-0.2, 0) is 0 Å². The van der Waals surface area contributed by atoms with E-state index in [0.717, 1.165) is 22.3 Å². The Morgan fingerprint density at radius 2 is 2.08 bits per heavy atom. The number of aromatic amines is 1. The molecule has 2 aromatic heterocycles. The fourth-order valence-electron chi connectivity index (χ4n) is 2.65. The van der Waals surface area contributed by atoms with Gasteiger partial charge in [0.05, 0.1) is 12.5 Å². The zero-order chi connectivity index (χ0) is 18.7. The van der Waals surface area contributed by atoms with E-state index in [1.54, 1.807) is 37.6 Å². The topological polar surface area (TPSA) is 66.5 Å². The second-order valence-corrected chi connectivity index (χ2v) is 6.08. The Hall–Kier alpha value is -3.59. The molecule has 0 bridgehead atoms. The van der Waals surface area contributed by atoms with E-state index < -0.39 is 0 Å². The summed E-state index contributed by atoms with van der Waals surface area (Å²) in [5, 5.41) is 7.11. The Kier molecular flexibility index (Phi) is 4.72. The number of amides is 1. The van der Waals surface area contributed by atoms with Gasteiger partial charge in [-0.1, -0.05) is 17.2 Å². The van der Waals surface area contributed by atoms with Crippen molar-refractivity contribution in [3.05, 3.63) is 64.4 Å². The molecule has 0 aliphatic rings. The number of H-pyrrole nitrogens is 1. The number of aromatic nitrogens is 2. The molecule has 0 saturated heterocycles. The SMILES string of the molecule is C#[N+]c1[nH]nc(-c2ccoc2)c1/C=C(\C)c1cccc(C(=O)N(C)C)c1. The van der Waals surface area contributed by atoms with E-state index in [1.165, 1.54) is 0 Å². The van der Waals surface area contributed by atoms with Gasteiger partial charge in [0.15, 0.2) is 0 Å². The van der Waals surface area contributed by atoms with E-state index in [9.17, 15) is 4.79 Å². The number of hydrogen-bond acceptors (Lipinski definition) is 3. The van der Waals surface area contributed by atoms with Crippen LogP contribution in [0.3, 0.4) is 0 Å². The standard InChI is InChI=1S/C20H19N4O2/c1-13(14-6-5-7-15(11-14)20(25)24(3)4)10-17-18(16-8-9-26-12-16)22-23-19(17)21-2/h2,5-12H,1,3-4H3,(H,22,23)/q+1/b13-10+. The molecule has 0 saturated carbocycles. The van der Waals surface area contributed by atoms with Crippen LogP contribution in [0.25, 0.3) is 27.8 Å². The fraction of sp³-hybridized carbons (Fsp3) is 0.150. The molecular formula is C20H19N4O2+. The monoisotopic (exact) mass is 347 g/mol. The first-order chi connectivity index (χ1) is 12.5. The number of hydrogen-bond donors (Lipinski definition) is 1. The Balaban J connectivity index is 2.04. The zero-order valence-electron chi connectivity index (χ0n) is 14.9. The molecule has 6 nitrogen and oxygen atoms in total. The highest BCUT2D eigenvalue weighted by atomic mass is 16.3. The van der Waals surface area contributed by atoms with Crippen LogP contribution in [0.15, 0.2) is 47.3 Å². The number of carbonyl (C=O) groups is 1. The van der Waals surface area contributed by atoms with Crippen LogP contribution in [0.4, 0.5) is 5.82 Å². The summed E-state index contributed by atoms with van der Waals surface area (Å²) in [6, 6.07) is 9.30. The molecular weight excluding hydrogens is 328 g/mol. The first-order valence-electron chi connectivity index (χ1n) is 8.03. The van der Waals surface area contributed by atoms with Crippen LogP contribution in [0.1, 0.15) is 28.4 Å². The molecule has 6 heteroatoms. The van der Waals surface area contributed by atoms with Crippen LogP contribution in [-0.4, -0.2) is 35.1 Å². The van der Waals surface area contributed by atoms with E-state index in [0.29, 0.717) is 17.1 Å². The van der Waals surface area contributed by atoms with Crippen LogP contribution in [0.5, 0.6) is 0 Å². The van der Waals surface area contributed by atoms with Crippen molar-refractivity contribution in [2.75, 3.05) is 14.1 Å². The molecule has 0 fully saturated rings. The molecule has 0 spiro atoms. The van der Waals surface area contributed by atoms with Gasteiger partial charge in [-0.25, -0.2) is 0 Å². The van der Waals surface area contributed by atoms with E-state index in [4.69, 9.17) is 11.0 Å². The molecule has 1 amide bonds. The molecule has 0 aliphatic heterocycles. The summed E-state index contributed by atoms with van der Waals surface area (Å²) in [5.41, 5.74) is 4.80. The smallest absolute Gasteiger partial charge is 0.412 e. The minimum absolute atomic E-state index is 0.0419. The first kappa shape index (κ1) is 17.2. The Bertz CT molecular complexity index is 1000. The lowest BCUT2D eigenvalue weighted by molar-refractivity contribution is 0.0827. The summed E-state index contributed by atoms with van der Waals surface area (Å²) in [6.07, 6.45) is 5.14. The van der Waals surface area contributed by atoms with Crippen molar-refractivity contribution in [2.45, 2.75) is 6.92 Å². The van der Waals surface area contributed by atoms with Gasteiger partial charge in [-0.3, -0.25) is 4.79 Å². The first-order valence-corrected chi connectivity index (χ1v) is 8.03. The predicted molar refractivity (Wildman–Crippen MR) is 102 cm³/mol. The average molecular weight is 347 g/mol. The number of furan rings is 1. The number of carbonyl (C=O) groups excluding carboxylic acids is 1. The van der Waals surface area contributed by atoms with E-state index in [2.05, 4.69) is 15.0 Å². The van der Waals surface area contributed by atoms with Gasteiger partial charge in [0.2, 0.25) is 0 Å². The molecule has 26 heavy (non-hydrogen) atoms. The summed E-state index contributed by atoms with van der Waals surface area (Å²) in [4.78, 5) is 17.5. The Morgan fingerprint density at radius 3 is 2.73 bits per heavy atom. The lowest BCUT2D eigenvalue weighted by Crippen LogP contribution is -2.21. The number of allylic oxidation sites excluding steroid dienone is 1. The van der Waals surface area contributed by atoms with Gasteiger partial charge >= 0.3 is 5.82 Å². The predicted octanol–water partition coefficient (Wildman–Crippen LogP) is 4.53. The van der Waals surface area contributed by atoms with Gasteiger partial charge in [0.1, 0.15) is 17.8 Å². The molecule has 0 atom stereocenters. The van der Waals surface area contributed by atoms with Crippen LogP contribution in [0.2, 0.25) is 0 Å². The molecule has 2 heterocycles. The third-order valence-electron chi connectivity index (χ3n) is 4.04. The normalized spacial score (nSPS) is 11.2. The summed E-state index contributed by atoms with van der Waals surface area (Å²) < 4.78 is 5.14. The fourth-order valence-corrected chi connectivity index (χ4v) is 2.65. The lowest BCUT2D eigenvalue weighted by Gasteiger charge is -2.11. The van der Waals surface area contributed by atoms with Crippen LogP contribution < -0.4 is 0 Å². The molecule has 0 radical (unpaired) electrons. The van der Waals surface area contributed by atoms with Gasteiger partial charge in [-0.15, -0.1) is 5.10 Å². The van der Waals surface area contributed by atoms with Crippen LogP contribution >= 0.6 is 0 Å². The van der Waals surface area contributed by atoms with Crippen molar-refractivity contribution in [2.24, 2.45) is 0 Å². The number of nitrogens with one attached hydrogen (secondary N) is 1. The zero-order valence-corrected chi connectivity index (χ0v) is 14.9. The quantitative estimate of drug-likeness (QED) is 0.754. The van der Waals surface area contributed by atoms with Gasteiger partial charge in [-0.2, -0.15) is 4.85 Å². The molecule has 1 aromatic carbocycles. The highest BCUT2D eigenvalue weighted by Crippen LogP contribution is 2.32. The number of nitrogens with zero attached hydrogens (tertiary/aromatic N) is 3.